The summed E-state index contributed by atoms with van der Waals surface area (Å²) < 4.78 is 0. The van der Waals surface area contributed by atoms with Crippen LogP contribution in [0.1, 0.15) is 25.8 Å². The van der Waals surface area contributed by atoms with Gasteiger partial charge >= 0.3 is 0 Å². The Morgan fingerprint density at radius 3 is 2.52 bits per heavy atom. The minimum atomic E-state index is 0.329. The normalized spacial score (nSPS) is 12.1. The number of rotatable bonds is 7. The van der Waals surface area contributed by atoms with Gasteiger partial charge in [0.2, 0.25) is 0 Å². The summed E-state index contributed by atoms with van der Waals surface area (Å²) in [6.07, 6.45) is 2.08. The highest BCUT2D eigenvalue weighted by molar-refractivity contribution is 7.99. The molecule has 1 atom stereocenters. The molecule has 112 valence electrons. The van der Waals surface area contributed by atoms with E-state index >= 15 is 0 Å². The van der Waals surface area contributed by atoms with E-state index in [1.54, 1.807) is 12.1 Å². The fourth-order valence-electron chi connectivity index (χ4n) is 2.25. The Hall–Kier alpha value is -1.61. The molecule has 2 aromatic carbocycles. The Labute approximate surface area is 131 Å². The van der Waals surface area contributed by atoms with E-state index in [0.717, 1.165) is 18.6 Å². The smallest absolute Gasteiger partial charge is 0.115 e. The van der Waals surface area contributed by atoms with Gasteiger partial charge in [0.05, 0.1) is 0 Å². The van der Waals surface area contributed by atoms with E-state index in [2.05, 4.69) is 43.4 Å². The first kappa shape index (κ1) is 15.8. The second-order valence-electron chi connectivity index (χ2n) is 5.18. The van der Waals surface area contributed by atoms with E-state index in [1.807, 2.05) is 23.9 Å². The number of hydrogen-bond donors (Lipinski definition) is 2. The minimum absolute atomic E-state index is 0.329. The molecule has 0 amide bonds. The fourth-order valence-corrected chi connectivity index (χ4v) is 3.02. The first-order valence-corrected chi connectivity index (χ1v) is 8.44. The van der Waals surface area contributed by atoms with Crippen molar-refractivity contribution in [3.63, 3.8) is 0 Å². The Bertz CT molecular complexity index is 553. The molecule has 0 aliphatic carbocycles. The molecule has 0 fully saturated rings. The molecule has 3 heteroatoms. The zero-order valence-electron chi connectivity index (χ0n) is 12.7. The van der Waals surface area contributed by atoms with Gasteiger partial charge in [-0.15, -0.1) is 11.8 Å². The van der Waals surface area contributed by atoms with Gasteiger partial charge in [-0.25, -0.2) is 0 Å². The summed E-state index contributed by atoms with van der Waals surface area (Å²) in [7, 11) is 0. The van der Waals surface area contributed by atoms with Crippen LogP contribution >= 0.6 is 11.8 Å². The van der Waals surface area contributed by atoms with Gasteiger partial charge in [-0.1, -0.05) is 31.2 Å². The number of phenolic OH excluding ortho intramolecular Hbond substituents is 1. The average molecular weight is 301 g/mol. The number of anilines is 1. The van der Waals surface area contributed by atoms with Crippen LogP contribution in [0.3, 0.4) is 0 Å². The van der Waals surface area contributed by atoms with Gasteiger partial charge in [-0.3, -0.25) is 0 Å². The number of aryl methyl sites for hydroxylation is 1. The van der Waals surface area contributed by atoms with Gasteiger partial charge in [0, 0.05) is 16.6 Å². The van der Waals surface area contributed by atoms with Crippen LogP contribution in [0.25, 0.3) is 0 Å². The largest absolute Gasteiger partial charge is 0.508 e. The lowest BCUT2D eigenvalue weighted by Gasteiger charge is -2.17. The summed E-state index contributed by atoms with van der Waals surface area (Å²) >= 11 is 1.87. The molecular weight excluding hydrogens is 278 g/mol. The van der Waals surface area contributed by atoms with Crippen molar-refractivity contribution in [2.45, 2.75) is 37.6 Å². The summed E-state index contributed by atoms with van der Waals surface area (Å²) in [5.74, 6) is 1.41. The maximum Gasteiger partial charge on any atom is 0.115 e. The lowest BCUT2D eigenvalue weighted by molar-refractivity contribution is 0.475. The van der Waals surface area contributed by atoms with Crippen molar-refractivity contribution < 1.29 is 5.11 Å². The number of phenols is 1. The molecule has 2 rings (SSSR count). The second-order valence-corrected chi connectivity index (χ2v) is 6.49. The van der Waals surface area contributed by atoms with Gasteiger partial charge in [0.1, 0.15) is 5.75 Å². The van der Waals surface area contributed by atoms with Crippen LogP contribution in [0.2, 0.25) is 0 Å². The number of para-hydroxylation sites is 1. The third-order valence-electron chi connectivity index (χ3n) is 3.39. The number of nitrogens with one attached hydrogen (secondary N) is 1. The highest BCUT2D eigenvalue weighted by Gasteiger charge is 2.06. The summed E-state index contributed by atoms with van der Waals surface area (Å²) in [6, 6.07) is 16.4. The van der Waals surface area contributed by atoms with Crippen molar-refractivity contribution in [2.75, 3.05) is 11.1 Å². The van der Waals surface area contributed by atoms with E-state index < -0.39 is 0 Å². The van der Waals surface area contributed by atoms with Crippen molar-refractivity contribution in [3.8, 4) is 5.75 Å². The summed E-state index contributed by atoms with van der Waals surface area (Å²) in [5.41, 5.74) is 2.49. The van der Waals surface area contributed by atoms with Crippen LogP contribution in [0.5, 0.6) is 5.75 Å². The fraction of sp³-hybridized carbons (Fsp3) is 0.333. The lowest BCUT2D eigenvalue weighted by Crippen LogP contribution is -2.16. The number of aromatic hydroxyl groups is 1. The van der Waals surface area contributed by atoms with Gasteiger partial charge in [0.25, 0.3) is 0 Å². The SMILES string of the molecule is CCSc1ccccc1NC(C)CCc1ccc(O)cc1. The van der Waals surface area contributed by atoms with Gasteiger partial charge in [-0.2, -0.15) is 0 Å². The Balaban J connectivity index is 1.89. The molecule has 0 saturated carbocycles. The van der Waals surface area contributed by atoms with Gasteiger partial charge < -0.3 is 10.4 Å². The molecule has 0 radical (unpaired) electrons. The predicted molar refractivity (Wildman–Crippen MR) is 92.4 cm³/mol. The molecule has 21 heavy (non-hydrogen) atoms. The maximum atomic E-state index is 9.30. The van der Waals surface area contributed by atoms with Crippen LogP contribution in [0, 0.1) is 0 Å². The molecular formula is C18H23NOS. The zero-order chi connectivity index (χ0) is 15.1. The number of benzene rings is 2. The lowest BCUT2D eigenvalue weighted by atomic mass is 10.1. The molecule has 0 spiro atoms. The standard InChI is InChI=1S/C18H23NOS/c1-3-21-18-7-5-4-6-17(18)19-14(2)8-9-15-10-12-16(20)13-11-15/h4-7,10-14,19-20H,3,8-9H2,1-2H3. The van der Waals surface area contributed by atoms with E-state index in [-0.39, 0.29) is 0 Å². The topological polar surface area (TPSA) is 32.3 Å². The number of thioether (sulfide) groups is 1. The molecule has 2 aromatic rings. The predicted octanol–water partition coefficient (Wildman–Crippen LogP) is 4.94. The summed E-state index contributed by atoms with van der Waals surface area (Å²) in [5, 5.41) is 12.9. The number of hydrogen-bond acceptors (Lipinski definition) is 3. The molecule has 0 bridgehead atoms. The Kier molecular flexibility index (Phi) is 6.00. The van der Waals surface area contributed by atoms with Gasteiger partial charge in [-0.05, 0) is 55.3 Å². The third kappa shape index (κ3) is 5.01. The van der Waals surface area contributed by atoms with Gasteiger partial charge in [0.15, 0.2) is 0 Å². The minimum Gasteiger partial charge on any atom is -0.508 e. The molecule has 0 aromatic heterocycles. The molecule has 2 N–H and O–H groups in total. The molecule has 0 heterocycles. The zero-order valence-corrected chi connectivity index (χ0v) is 13.5. The highest BCUT2D eigenvalue weighted by Crippen LogP contribution is 2.27. The molecule has 0 aliphatic rings. The average Bonchev–Trinajstić information content (AvgIpc) is 2.49. The second kappa shape index (κ2) is 7.99. The Morgan fingerprint density at radius 2 is 1.81 bits per heavy atom. The first-order valence-electron chi connectivity index (χ1n) is 7.45. The van der Waals surface area contributed by atoms with Crippen molar-refractivity contribution in [1.82, 2.24) is 0 Å². The Morgan fingerprint density at radius 1 is 1.10 bits per heavy atom. The molecule has 2 nitrogen and oxygen atoms in total. The quantitative estimate of drug-likeness (QED) is 0.711. The van der Waals surface area contributed by atoms with Crippen LogP contribution in [-0.4, -0.2) is 16.9 Å². The third-order valence-corrected chi connectivity index (χ3v) is 4.35. The monoisotopic (exact) mass is 301 g/mol. The summed E-state index contributed by atoms with van der Waals surface area (Å²) in [6.45, 7) is 4.39. The van der Waals surface area contributed by atoms with Crippen molar-refractivity contribution in [2.24, 2.45) is 0 Å². The van der Waals surface area contributed by atoms with Crippen LogP contribution in [-0.2, 0) is 6.42 Å². The first-order chi connectivity index (χ1) is 10.2. The molecule has 0 saturated heterocycles. The van der Waals surface area contributed by atoms with Crippen LogP contribution in [0.15, 0.2) is 53.4 Å². The molecule has 1 unspecified atom stereocenters. The van der Waals surface area contributed by atoms with E-state index in [9.17, 15) is 5.11 Å². The van der Waals surface area contributed by atoms with E-state index in [0.29, 0.717) is 11.8 Å². The van der Waals surface area contributed by atoms with Crippen molar-refractivity contribution >= 4 is 17.4 Å². The van der Waals surface area contributed by atoms with Crippen molar-refractivity contribution in [1.29, 1.82) is 0 Å². The van der Waals surface area contributed by atoms with Crippen LogP contribution in [0.4, 0.5) is 5.69 Å². The maximum absolute atomic E-state index is 9.30. The van der Waals surface area contributed by atoms with E-state index in [4.69, 9.17) is 0 Å². The van der Waals surface area contributed by atoms with E-state index in [1.165, 1.54) is 16.1 Å². The van der Waals surface area contributed by atoms with Crippen LogP contribution < -0.4 is 5.32 Å². The molecule has 0 aliphatic heterocycles. The highest BCUT2D eigenvalue weighted by atomic mass is 32.2. The summed E-state index contributed by atoms with van der Waals surface area (Å²) in [4.78, 5) is 1.32. The van der Waals surface area contributed by atoms with Crippen molar-refractivity contribution in [3.05, 3.63) is 54.1 Å².